The maximum Gasteiger partial charge on any atom is 0.317 e. The molecule has 0 unspecified atom stereocenters. The molecule has 116 valence electrons. The van der Waals surface area contributed by atoms with Gasteiger partial charge in [-0.3, -0.25) is 4.79 Å². The van der Waals surface area contributed by atoms with E-state index in [1.54, 1.807) is 12.0 Å². The summed E-state index contributed by atoms with van der Waals surface area (Å²) in [5.74, 6) is -0.849. The van der Waals surface area contributed by atoms with Crippen molar-refractivity contribution in [3.8, 4) is 0 Å². The van der Waals surface area contributed by atoms with E-state index in [9.17, 15) is 14.7 Å². The van der Waals surface area contributed by atoms with Crippen LogP contribution in [-0.2, 0) is 9.53 Å². The van der Waals surface area contributed by atoms with E-state index in [1.807, 2.05) is 13.8 Å². The van der Waals surface area contributed by atoms with Gasteiger partial charge in [0.15, 0.2) is 0 Å². The molecule has 1 aliphatic carbocycles. The summed E-state index contributed by atoms with van der Waals surface area (Å²) in [5.41, 5.74) is -0.869. The zero-order valence-corrected chi connectivity index (χ0v) is 12.6. The van der Waals surface area contributed by atoms with Crippen molar-refractivity contribution in [2.24, 2.45) is 5.41 Å². The number of nitrogens with zero attached hydrogens (tertiary/aromatic N) is 1. The molecule has 1 saturated carbocycles. The maximum absolute atomic E-state index is 12.2. The van der Waals surface area contributed by atoms with Gasteiger partial charge in [0.25, 0.3) is 0 Å². The van der Waals surface area contributed by atoms with Gasteiger partial charge >= 0.3 is 12.0 Å². The van der Waals surface area contributed by atoms with E-state index in [1.165, 1.54) is 0 Å². The predicted molar refractivity (Wildman–Crippen MR) is 75.7 cm³/mol. The summed E-state index contributed by atoms with van der Waals surface area (Å²) < 4.78 is 5.01. The molecule has 0 bridgehead atoms. The van der Waals surface area contributed by atoms with Crippen molar-refractivity contribution < 1.29 is 19.4 Å². The van der Waals surface area contributed by atoms with Gasteiger partial charge in [-0.2, -0.15) is 0 Å². The Kier molecular flexibility index (Phi) is 6.26. The SMILES string of the molecule is CCC(CC)(CNC(=O)N(CCOC)C1CC1)C(=O)O. The minimum Gasteiger partial charge on any atom is -0.481 e. The third kappa shape index (κ3) is 4.10. The van der Waals surface area contributed by atoms with Gasteiger partial charge in [0, 0.05) is 26.2 Å². The minimum atomic E-state index is -0.869. The Balaban J connectivity index is 2.56. The third-order valence-corrected chi connectivity index (χ3v) is 4.17. The number of methoxy groups -OCH3 is 1. The van der Waals surface area contributed by atoms with E-state index in [-0.39, 0.29) is 18.6 Å². The van der Waals surface area contributed by atoms with Gasteiger partial charge in [-0.1, -0.05) is 13.8 Å². The number of carboxylic acids is 1. The number of aliphatic carboxylic acids is 1. The highest BCUT2D eigenvalue weighted by Gasteiger charge is 2.37. The molecule has 0 aromatic rings. The molecule has 0 heterocycles. The lowest BCUT2D eigenvalue weighted by atomic mass is 9.82. The Morgan fingerprint density at radius 3 is 2.35 bits per heavy atom. The highest BCUT2D eigenvalue weighted by atomic mass is 16.5. The van der Waals surface area contributed by atoms with Crippen LogP contribution in [0.3, 0.4) is 0 Å². The fraction of sp³-hybridized carbons (Fsp3) is 0.857. The molecule has 1 rings (SSSR count). The van der Waals surface area contributed by atoms with Crippen molar-refractivity contribution >= 4 is 12.0 Å². The van der Waals surface area contributed by atoms with Crippen LogP contribution in [0, 0.1) is 5.41 Å². The molecular formula is C14H26N2O4. The van der Waals surface area contributed by atoms with Crippen LogP contribution in [0.2, 0.25) is 0 Å². The number of urea groups is 1. The summed E-state index contributed by atoms with van der Waals surface area (Å²) in [5, 5.41) is 12.1. The second-order valence-corrected chi connectivity index (χ2v) is 5.37. The van der Waals surface area contributed by atoms with Crippen LogP contribution in [-0.4, -0.2) is 54.9 Å². The van der Waals surface area contributed by atoms with Crippen LogP contribution in [0.4, 0.5) is 4.79 Å². The molecule has 0 saturated heterocycles. The molecule has 6 heteroatoms. The number of amides is 2. The predicted octanol–water partition coefficient (Wildman–Crippen LogP) is 1.70. The second kappa shape index (κ2) is 7.47. The molecule has 1 aliphatic rings. The first-order chi connectivity index (χ1) is 9.50. The topological polar surface area (TPSA) is 78.9 Å². The molecule has 6 nitrogen and oxygen atoms in total. The van der Waals surface area contributed by atoms with Crippen LogP contribution in [0.25, 0.3) is 0 Å². The van der Waals surface area contributed by atoms with Crippen LogP contribution in [0.15, 0.2) is 0 Å². The number of rotatable bonds is 9. The largest absolute Gasteiger partial charge is 0.481 e. The summed E-state index contributed by atoms with van der Waals surface area (Å²) >= 11 is 0. The summed E-state index contributed by atoms with van der Waals surface area (Å²) in [6.45, 7) is 4.89. The van der Waals surface area contributed by atoms with E-state index in [0.29, 0.717) is 26.0 Å². The summed E-state index contributed by atoms with van der Waals surface area (Å²) in [7, 11) is 1.60. The molecule has 0 atom stereocenters. The maximum atomic E-state index is 12.2. The van der Waals surface area contributed by atoms with E-state index in [2.05, 4.69) is 5.32 Å². The molecule has 2 N–H and O–H groups in total. The number of nitrogens with one attached hydrogen (secondary N) is 1. The van der Waals surface area contributed by atoms with Gasteiger partial charge < -0.3 is 20.1 Å². The number of carbonyl (C=O) groups excluding carboxylic acids is 1. The Bertz CT molecular complexity index is 338. The monoisotopic (exact) mass is 286 g/mol. The quantitative estimate of drug-likeness (QED) is 0.676. The van der Waals surface area contributed by atoms with Crippen LogP contribution >= 0.6 is 0 Å². The number of hydrogen-bond acceptors (Lipinski definition) is 3. The molecule has 0 aromatic heterocycles. The van der Waals surface area contributed by atoms with Gasteiger partial charge in [0.1, 0.15) is 0 Å². The third-order valence-electron chi connectivity index (χ3n) is 4.17. The lowest BCUT2D eigenvalue weighted by molar-refractivity contribution is -0.149. The van der Waals surface area contributed by atoms with Gasteiger partial charge in [0.2, 0.25) is 0 Å². The lowest BCUT2D eigenvalue weighted by Gasteiger charge is -2.29. The highest BCUT2D eigenvalue weighted by molar-refractivity contribution is 5.78. The van der Waals surface area contributed by atoms with Crippen molar-refractivity contribution in [3.63, 3.8) is 0 Å². The average molecular weight is 286 g/mol. The molecule has 2 amide bonds. The molecular weight excluding hydrogens is 260 g/mol. The van der Waals surface area contributed by atoms with Crippen molar-refractivity contribution in [2.45, 2.75) is 45.6 Å². The Morgan fingerprint density at radius 1 is 1.35 bits per heavy atom. The first kappa shape index (κ1) is 16.8. The van der Waals surface area contributed by atoms with E-state index in [4.69, 9.17) is 4.74 Å². The zero-order chi connectivity index (χ0) is 15.2. The molecule has 0 radical (unpaired) electrons. The fourth-order valence-corrected chi connectivity index (χ4v) is 2.25. The highest BCUT2D eigenvalue weighted by Crippen LogP contribution is 2.28. The van der Waals surface area contributed by atoms with Crippen molar-refractivity contribution in [2.75, 3.05) is 26.8 Å². The standard InChI is InChI=1S/C14H26N2O4/c1-4-14(5-2,12(17)18)10-15-13(19)16(8-9-20-3)11-6-7-11/h11H,4-10H2,1-3H3,(H,15,19)(H,17,18). The van der Waals surface area contributed by atoms with Gasteiger partial charge in [-0.05, 0) is 25.7 Å². The normalized spacial score (nSPS) is 14.9. The smallest absolute Gasteiger partial charge is 0.317 e. The fourth-order valence-electron chi connectivity index (χ4n) is 2.25. The van der Waals surface area contributed by atoms with Crippen LogP contribution in [0.5, 0.6) is 0 Å². The second-order valence-electron chi connectivity index (χ2n) is 5.37. The number of ether oxygens (including phenoxy) is 1. The number of carboxylic acid groups (broad SMARTS) is 1. The Hall–Kier alpha value is -1.30. The molecule has 0 aromatic carbocycles. The zero-order valence-electron chi connectivity index (χ0n) is 12.6. The van der Waals surface area contributed by atoms with Crippen molar-refractivity contribution in [3.05, 3.63) is 0 Å². The number of carbonyl (C=O) groups is 2. The average Bonchev–Trinajstić information content (AvgIpc) is 3.25. The van der Waals surface area contributed by atoms with Crippen LogP contribution < -0.4 is 5.32 Å². The van der Waals surface area contributed by atoms with Gasteiger partial charge in [-0.25, -0.2) is 4.79 Å². The van der Waals surface area contributed by atoms with E-state index in [0.717, 1.165) is 12.8 Å². The van der Waals surface area contributed by atoms with E-state index >= 15 is 0 Å². The molecule has 0 spiro atoms. The lowest BCUT2D eigenvalue weighted by Crippen LogP contribution is -2.48. The van der Waals surface area contributed by atoms with Crippen molar-refractivity contribution in [1.82, 2.24) is 10.2 Å². The van der Waals surface area contributed by atoms with Crippen molar-refractivity contribution in [1.29, 1.82) is 0 Å². The molecule has 0 aliphatic heterocycles. The van der Waals surface area contributed by atoms with Gasteiger partial charge in [0.05, 0.1) is 12.0 Å². The summed E-state index contributed by atoms with van der Waals surface area (Å²) in [4.78, 5) is 25.3. The number of hydrogen-bond donors (Lipinski definition) is 2. The Labute approximate surface area is 120 Å². The minimum absolute atomic E-state index is 0.171. The molecule has 20 heavy (non-hydrogen) atoms. The summed E-state index contributed by atoms with van der Waals surface area (Å²) in [6.07, 6.45) is 3.03. The summed E-state index contributed by atoms with van der Waals surface area (Å²) in [6, 6.07) is 0.102. The van der Waals surface area contributed by atoms with E-state index < -0.39 is 11.4 Å². The van der Waals surface area contributed by atoms with Gasteiger partial charge in [-0.15, -0.1) is 0 Å². The first-order valence-electron chi connectivity index (χ1n) is 7.27. The van der Waals surface area contributed by atoms with Crippen LogP contribution in [0.1, 0.15) is 39.5 Å². The molecule has 1 fully saturated rings. The first-order valence-corrected chi connectivity index (χ1v) is 7.27. The Morgan fingerprint density at radius 2 is 1.95 bits per heavy atom.